The molecule has 3 amide bonds. The summed E-state index contributed by atoms with van der Waals surface area (Å²) in [7, 11) is 0. The second-order valence-electron chi connectivity index (χ2n) is 11.9. The van der Waals surface area contributed by atoms with Crippen LogP contribution in [-0.2, 0) is 19.1 Å². The molecule has 2 bridgehead atoms. The minimum Gasteiger partial charge on any atom is -0.359 e. The summed E-state index contributed by atoms with van der Waals surface area (Å²) < 4.78 is 6.43. The molecule has 8 atom stereocenters. The summed E-state index contributed by atoms with van der Waals surface area (Å²) in [6.07, 6.45) is 7.17. The minimum absolute atomic E-state index is 0.0840. The zero-order chi connectivity index (χ0) is 26.5. The molecule has 7 heteroatoms. The largest absolute Gasteiger partial charge is 0.359 e. The van der Waals surface area contributed by atoms with Crippen LogP contribution in [0.4, 0.5) is 5.69 Å². The van der Waals surface area contributed by atoms with Gasteiger partial charge in [0.1, 0.15) is 11.6 Å². The number of nitrogens with zero attached hydrogens (tertiary/aromatic N) is 1. The Morgan fingerprint density at radius 2 is 1.86 bits per heavy atom. The summed E-state index contributed by atoms with van der Waals surface area (Å²) in [5.41, 5.74) is 0.786. The molecule has 5 rings (SSSR count). The average molecular weight is 508 g/mol. The number of hydrogen-bond acceptors (Lipinski definition) is 4. The molecule has 7 nitrogen and oxygen atoms in total. The predicted octanol–water partition coefficient (Wildman–Crippen LogP) is 4.25. The predicted molar refractivity (Wildman–Crippen MR) is 143 cm³/mol. The molecule has 3 heterocycles. The van der Waals surface area contributed by atoms with Gasteiger partial charge in [-0.2, -0.15) is 0 Å². The van der Waals surface area contributed by atoms with Crippen LogP contribution < -0.4 is 10.6 Å². The molecule has 0 aromatic heterocycles. The molecule has 200 valence electrons. The van der Waals surface area contributed by atoms with Crippen LogP contribution in [0.25, 0.3) is 0 Å². The fraction of sp³-hybridized carbons (Fsp3) is 0.633. The van der Waals surface area contributed by atoms with Crippen molar-refractivity contribution in [3.8, 4) is 0 Å². The molecular formula is C30H41N3O4. The van der Waals surface area contributed by atoms with Gasteiger partial charge in [0.2, 0.25) is 17.7 Å². The Kier molecular flexibility index (Phi) is 6.94. The standard InChI is InChI=1S/C30H41N3O4/c1-6-16-33-26(28(35)32-22-9-7-8-18(4)19(22)5)30-15-14-23(37-30)24(25(30)29(33)36)27(34)31-21-12-10-20(11-13-21)17(2)3/h10-15,17-19,22-26H,6-9,16H2,1-5H3,(H,31,34)(H,32,35)/t18-,19-,22+,23-,24+,25-,26-,30-/m0/s1. The normalized spacial score (nSPS) is 36.2. The van der Waals surface area contributed by atoms with E-state index in [1.54, 1.807) is 4.90 Å². The van der Waals surface area contributed by atoms with E-state index in [9.17, 15) is 14.4 Å². The van der Waals surface area contributed by atoms with Gasteiger partial charge in [-0.1, -0.05) is 71.7 Å². The van der Waals surface area contributed by atoms with Gasteiger partial charge in [0.05, 0.1) is 17.9 Å². The van der Waals surface area contributed by atoms with Crippen molar-refractivity contribution in [2.24, 2.45) is 23.7 Å². The van der Waals surface area contributed by atoms with Crippen molar-refractivity contribution in [1.29, 1.82) is 0 Å². The van der Waals surface area contributed by atoms with Crippen LogP contribution in [0.5, 0.6) is 0 Å². The SMILES string of the molecule is CCCN1C(=O)[C@@H]2[C@H](C(=O)Nc3ccc(C(C)C)cc3)[C@@H]3C=C[C@@]2(O3)[C@@H]1C(=O)N[C@@H]1CCC[C@H](C)[C@@H]1C. The van der Waals surface area contributed by atoms with Gasteiger partial charge in [0.25, 0.3) is 0 Å². The van der Waals surface area contributed by atoms with Gasteiger partial charge in [0.15, 0.2) is 0 Å². The summed E-state index contributed by atoms with van der Waals surface area (Å²) in [4.78, 5) is 42.9. The Labute approximate surface area is 220 Å². The van der Waals surface area contributed by atoms with E-state index >= 15 is 0 Å². The van der Waals surface area contributed by atoms with Crippen molar-refractivity contribution in [3.05, 3.63) is 42.0 Å². The monoisotopic (exact) mass is 507 g/mol. The van der Waals surface area contributed by atoms with Gasteiger partial charge in [-0.3, -0.25) is 14.4 Å². The van der Waals surface area contributed by atoms with Crippen molar-refractivity contribution in [2.45, 2.75) is 90.0 Å². The summed E-state index contributed by atoms with van der Waals surface area (Å²) >= 11 is 0. The molecule has 1 saturated carbocycles. The second-order valence-corrected chi connectivity index (χ2v) is 11.9. The van der Waals surface area contributed by atoms with E-state index in [1.165, 1.54) is 12.0 Å². The minimum atomic E-state index is -1.10. The number of hydrogen-bond donors (Lipinski definition) is 2. The van der Waals surface area contributed by atoms with Crippen LogP contribution in [0.3, 0.4) is 0 Å². The van der Waals surface area contributed by atoms with Crippen LogP contribution in [0, 0.1) is 23.7 Å². The maximum atomic E-state index is 13.9. The Balaban J connectivity index is 1.39. The first-order chi connectivity index (χ1) is 17.7. The van der Waals surface area contributed by atoms with E-state index in [-0.39, 0.29) is 23.8 Å². The Bertz CT molecular complexity index is 1080. The molecular weight excluding hydrogens is 466 g/mol. The second kappa shape index (κ2) is 9.90. The summed E-state index contributed by atoms with van der Waals surface area (Å²) in [5, 5.41) is 6.30. The molecule has 1 aliphatic carbocycles. The van der Waals surface area contributed by atoms with E-state index in [1.807, 2.05) is 43.3 Å². The number of likely N-dealkylation sites (tertiary alicyclic amines) is 1. The highest BCUT2D eigenvalue weighted by atomic mass is 16.5. The van der Waals surface area contributed by atoms with Gasteiger partial charge in [-0.25, -0.2) is 0 Å². The number of nitrogens with one attached hydrogen (secondary N) is 2. The van der Waals surface area contributed by atoms with Gasteiger partial charge >= 0.3 is 0 Å². The van der Waals surface area contributed by atoms with Crippen LogP contribution >= 0.6 is 0 Å². The molecule has 3 aliphatic heterocycles. The molecule has 37 heavy (non-hydrogen) atoms. The highest BCUT2D eigenvalue weighted by molar-refractivity contribution is 6.02. The topological polar surface area (TPSA) is 87.7 Å². The number of benzene rings is 1. The lowest BCUT2D eigenvalue weighted by Gasteiger charge is -2.38. The molecule has 3 fully saturated rings. The molecule has 0 radical (unpaired) electrons. The molecule has 0 unspecified atom stereocenters. The van der Waals surface area contributed by atoms with Gasteiger partial charge < -0.3 is 20.3 Å². The Hall–Kier alpha value is -2.67. The molecule has 1 aromatic carbocycles. The lowest BCUT2D eigenvalue weighted by atomic mass is 9.73. The van der Waals surface area contributed by atoms with E-state index in [0.29, 0.717) is 30.0 Å². The Morgan fingerprint density at radius 3 is 2.54 bits per heavy atom. The van der Waals surface area contributed by atoms with E-state index in [2.05, 4.69) is 38.3 Å². The molecule has 4 aliphatic rings. The van der Waals surface area contributed by atoms with Crippen LogP contribution in [0.1, 0.15) is 71.8 Å². The lowest BCUT2D eigenvalue weighted by Crippen LogP contribution is -2.57. The third-order valence-electron chi connectivity index (χ3n) is 9.27. The van der Waals surface area contributed by atoms with Gasteiger partial charge in [-0.05, 0) is 48.3 Å². The third kappa shape index (κ3) is 4.29. The smallest absolute Gasteiger partial charge is 0.246 e. The van der Waals surface area contributed by atoms with Crippen LogP contribution in [0.15, 0.2) is 36.4 Å². The van der Waals surface area contributed by atoms with E-state index < -0.39 is 29.6 Å². The Morgan fingerprint density at radius 1 is 1.14 bits per heavy atom. The summed E-state index contributed by atoms with van der Waals surface area (Å²) in [6, 6.07) is 7.14. The summed E-state index contributed by atoms with van der Waals surface area (Å²) in [6.45, 7) is 11.1. The van der Waals surface area contributed by atoms with Gasteiger partial charge in [-0.15, -0.1) is 0 Å². The van der Waals surface area contributed by atoms with Crippen molar-refractivity contribution in [3.63, 3.8) is 0 Å². The van der Waals surface area contributed by atoms with E-state index in [0.717, 1.165) is 19.3 Å². The fourth-order valence-electron chi connectivity index (χ4n) is 6.97. The quantitative estimate of drug-likeness (QED) is 0.540. The maximum Gasteiger partial charge on any atom is 0.246 e. The number of carbonyl (C=O) groups excluding carboxylic acids is 3. The highest BCUT2D eigenvalue weighted by Crippen LogP contribution is 2.55. The molecule has 1 spiro atoms. The molecule has 1 aromatic rings. The number of rotatable bonds is 7. The van der Waals surface area contributed by atoms with Crippen LogP contribution in [0.2, 0.25) is 0 Å². The molecule has 2 saturated heterocycles. The fourth-order valence-corrected chi connectivity index (χ4v) is 6.97. The average Bonchev–Trinajstić information content (AvgIpc) is 3.50. The van der Waals surface area contributed by atoms with Crippen LogP contribution in [-0.4, -0.2) is 53.0 Å². The van der Waals surface area contributed by atoms with Crippen molar-refractivity contribution < 1.29 is 19.1 Å². The lowest BCUT2D eigenvalue weighted by molar-refractivity contribution is -0.141. The van der Waals surface area contributed by atoms with Gasteiger partial charge in [0, 0.05) is 18.3 Å². The number of anilines is 1. The molecule has 2 N–H and O–H groups in total. The summed E-state index contributed by atoms with van der Waals surface area (Å²) in [5.74, 6) is -0.616. The van der Waals surface area contributed by atoms with Crippen molar-refractivity contribution in [2.75, 3.05) is 11.9 Å². The first kappa shape index (κ1) is 26.0. The van der Waals surface area contributed by atoms with Crippen molar-refractivity contribution >= 4 is 23.4 Å². The number of carbonyl (C=O) groups is 3. The third-order valence-corrected chi connectivity index (χ3v) is 9.27. The first-order valence-corrected chi connectivity index (χ1v) is 14.1. The zero-order valence-corrected chi connectivity index (χ0v) is 22.7. The first-order valence-electron chi connectivity index (χ1n) is 14.1. The van der Waals surface area contributed by atoms with E-state index in [4.69, 9.17) is 4.74 Å². The maximum absolute atomic E-state index is 13.9. The highest BCUT2D eigenvalue weighted by Gasteiger charge is 2.72. The number of amides is 3. The number of fused-ring (bicyclic) bond motifs is 1. The zero-order valence-electron chi connectivity index (χ0n) is 22.7. The number of ether oxygens (including phenoxy) is 1. The van der Waals surface area contributed by atoms with Crippen molar-refractivity contribution in [1.82, 2.24) is 10.2 Å².